The average molecular weight is 407 g/mol. The summed E-state index contributed by atoms with van der Waals surface area (Å²) in [6.45, 7) is 3.92. The number of aryl methyl sites for hydroxylation is 1. The third kappa shape index (κ3) is 5.33. The van der Waals surface area contributed by atoms with Crippen LogP contribution in [-0.2, 0) is 13.0 Å². The zero-order valence-electron chi connectivity index (χ0n) is 17.5. The van der Waals surface area contributed by atoms with Gasteiger partial charge < -0.3 is 10.6 Å². The van der Waals surface area contributed by atoms with Crippen molar-refractivity contribution in [3.8, 4) is 0 Å². The van der Waals surface area contributed by atoms with Crippen LogP contribution in [0.15, 0.2) is 53.8 Å². The van der Waals surface area contributed by atoms with Crippen LogP contribution >= 0.6 is 0 Å². The number of aromatic nitrogens is 4. The topological polar surface area (TPSA) is 82.7 Å². The number of aliphatic imine (C=N–C) groups is 1. The summed E-state index contributed by atoms with van der Waals surface area (Å²) in [5.74, 6) is 1.87. The highest BCUT2D eigenvalue weighted by Crippen LogP contribution is 2.13. The number of likely N-dealkylation sites (tertiary alicyclic amines) is 1. The lowest BCUT2D eigenvalue weighted by Gasteiger charge is -2.32. The summed E-state index contributed by atoms with van der Waals surface area (Å²) in [6, 6.07) is 12.5. The molecule has 2 N–H and O–H groups in total. The van der Waals surface area contributed by atoms with Crippen molar-refractivity contribution in [3.05, 3.63) is 60.3 Å². The molecule has 4 rings (SSSR count). The van der Waals surface area contributed by atoms with Crippen molar-refractivity contribution in [2.75, 3.05) is 26.7 Å². The first-order chi connectivity index (χ1) is 14.8. The van der Waals surface area contributed by atoms with Gasteiger partial charge in [0.25, 0.3) is 0 Å². The Morgan fingerprint density at radius 3 is 2.80 bits per heavy atom. The van der Waals surface area contributed by atoms with E-state index in [4.69, 9.17) is 0 Å². The largest absolute Gasteiger partial charge is 0.356 e. The van der Waals surface area contributed by atoms with Crippen LogP contribution in [0.1, 0.15) is 30.8 Å². The van der Waals surface area contributed by atoms with Crippen molar-refractivity contribution < 1.29 is 0 Å². The van der Waals surface area contributed by atoms with Crippen molar-refractivity contribution >= 4 is 11.6 Å². The first kappa shape index (κ1) is 20.3. The zero-order valence-corrected chi connectivity index (χ0v) is 17.5. The maximum Gasteiger partial charge on any atom is 0.191 e. The highest BCUT2D eigenvalue weighted by molar-refractivity contribution is 5.79. The fourth-order valence-electron chi connectivity index (χ4n) is 3.86. The second-order valence-corrected chi connectivity index (χ2v) is 7.66. The molecule has 158 valence electrons. The highest BCUT2D eigenvalue weighted by Gasteiger charge is 2.20. The molecule has 0 saturated carbocycles. The number of guanidine groups is 1. The van der Waals surface area contributed by atoms with Gasteiger partial charge in [-0.25, -0.2) is 0 Å². The molecule has 0 spiro atoms. The number of piperidine rings is 1. The van der Waals surface area contributed by atoms with E-state index in [2.05, 4.69) is 47.8 Å². The van der Waals surface area contributed by atoms with Crippen LogP contribution in [0.25, 0.3) is 5.65 Å². The van der Waals surface area contributed by atoms with E-state index in [0.29, 0.717) is 6.04 Å². The quantitative estimate of drug-likeness (QED) is 0.354. The number of pyridine rings is 2. The molecule has 1 saturated heterocycles. The van der Waals surface area contributed by atoms with E-state index in [0.717, 1.165) is 75.0 Å². The Labute approximate surface area is 177 Å². The van der Waals surface area contributed by atoms with Crippen molar-refractivity contribution in [2.45, 2.75) is 38.3 Å². The summed E-state index contributed by atoms with van der Waals surface area (Å²) >= 11 is 0. The molecule has 4 heterocycles. The SMILES string of the molecule is CN=C(NCCCc1nnc2ccccn12)NC1CCN(Cc2ccccn2)CC1. The molecule has 3 aromatic rings. The molecule has 0 radical (unpaired) electrons. The smallest absolute Gasteiger partial charge is 0.191 e. The zero-order chi connectivity index (χ0) is 20.6. The number of hydrogen-bond donors (Lipinski definition) is 2. The average Bonchev–Trinajstić information content (AvgIpc) is 3.21. The standard InChI is InChI=1S/C22H30N8/c1-23-22(25-13-6-9-21-28-27-20-8-3-5-14-30(20)21)26-18-10-15-29(16-11-18)17-19-7-2-4-12-24-19/h2-5,7-8,12,14,18H,6,9-11,13,15-17H2,1H3,(H2,23,25,26). The summed E-state index contributed by atoms with van der Waals surface area (Å²) in [7, 11) is 1.83. The van der Waals surface area contributed by atoms with Gasteiger partial charge in [-0.05, 0) is 43.5 Å². The van der Waals surface area contributed by atoms with Crippen LogP contribution in [0.3, 0.4) is 0 Å². The number of rotatable bonds is 7. The van der Waals surface area contributed by atoms with Crippen LogP contribution in [-0.4, -0.2) is 63.2 Å². The molecule has 0 aromatic carbocycles. The second kappa shape index (κ2) is 10.2. The first-order valence-electron chi connectivity index (χ1n) is 10.7. The van der Waals surface area contributed by atoms with Crippen molar-refractivity contribution in [1.82, 2.24) is 35.1 Å². The molecule has 1 aliphatic rings. The van der Waals surface area contributed by atoms with Crippen molar-refractivity contribution in [1.29, 1.82) is 0 Å². The minimum atomic E-state index is 0.455. The Kier molecular flexibility index (Phi) is 6.87. The van der Waals surface area contributed by atoms with Crippen molar-refractivity contribution in [3.63, 3.8) is 0 Å². The lowest BCUT2D eigenvalue weighted by atomic mass is 10.0. The molecule has 30 heavy (non-hydrogen) atoms. The first-order valence-corrected chi connectivity index (χ1v) is 10.7. The van der Waals surface area contributed by atoms with Gasteiger partial charge >= 0.3 is 0 Å². The Balaban J connectivity index is 1.16. The second-order valence-electron chi connectivity index (χ2n) is 7.66. The van der Waals surface area contributed by atoms with Crippen LogP contribution < -0.4 is 10.6 Å². The summed E-state index contributed by atoms with van der Waals surface area (Å²) in [4.78, 5) is 11.3. The molecular weight excluding hydrogens is 376 g/mol. The predicted octanol–water partition coefficient (Wildman–Crippen LogP) is 1.89. The molecule has 0 aliphatic carbocycles. The monoisotopic (exact) mass is 406 g/mol. The van der Waals surface area contributed by atoms with E-state index < -0.39 is 0 Å². The predicted molar refractivity (Wildman–Crippen MR) is 118 cm³/mol. The van der Waals surface area contributed by atoms with E-state index in [1.807, 2.05) is 48.1 Å². The third-order valence-electron chi connectivity index (χ3n) is 5.52. The van der Waals surface area contributed by atoms with Gasteiger partial charge in [-0.2, -0.15) is 0 Å². The maximum atomic E-state index is 4.43. The molecule has 0 unspecified atom stereocenters. The lowest BCUT2D eigenvalue weighted by molar-refractivity contribution is 0.196. The van der Waals surface area contributed by atoms with Gasteiger partial charge in [0.2, 0.25) is 0 Å². The van der Waals surface area contributed by atoms with Crippen LogP contribution in [0.4, 0.5) is 0 Å². The molecule has 0 amide bonds. The van der Waals surface area contributed by atoms with Crippen LogP contribution in [0.2, 0.25) is 0 Å². The minimum Gasteiger partial charge on any atom is -0.356 e. The van der Waals surface area contributed by atoms with E-state index in [-0.39, 0.29) is 0 Å². The van der Waals surface area contributed by atoms with Gasteiger partial charge in [-0.3, -0.25) is 19.3 Å². The van der Waals surface area contributed by atoms with Gasteiger partial charge in [0.1, 0.15) is 5.82 Å². The molecule has 3 aromatic heterocycles. The van der Waals surface area contributed by atoms with Crippen LogP contribution in [0.5, 0.6) is 0 Å². The van der Waals surface area contributed by atoms with Gasteiger partial charge in [-0.1, -0.05) is 12.1 Å². The molecule has 1 fully saturated rings. The normalized spacial score (nSPS) is 16.1. The van der Waals surface area contributed by atoms with Gasteiger partial charge in [0, 0.05) is 58.1 Å². The molecule has 0 atom stereocenters. The Hall–Kier alpha value is -3.00. The number of nitrogens with zero attached hydrogens (tertiary/aromatic N) is 6. The van der Waals surface area contributed by atoms with E-state index in [1.54, 1.807) is 0 Å². The van der Waals surface area contributed by atoms with Gasteiger partial charge in [0.05, 0.1) is 5.69 Å². The molecular formula is C22H30N8. The summed E-state index contributed by atoms with van der Waals surface area (Å²) in [5.41, 5.74) is 2.04. The van der Waals surface area contributed by atoms with Gasteiger partial charge in [0.15, 0.2) is 11.6 Å². The summed E-state index contributed by atoms with van der Waals surface area (Å²) < 4.78 is 2.05. The molecule has 1 aliphatic heterocycles. The summed E-state index contributed by atoms with van der Waals surface area (Å²) in [6.07, 6.45) is 7.95. The fourth-order valence-corrected chi connectivity index (χ4v) is 3.86. The van der Waals surface area contributed by atoms with E-state index >= 15 is 0 Å². The number of nitrogens with one attached hydrogen (secondary N) is 2. The Bertz CT molecular complexity index is 944. The fraction of sp³-hybridized carbons (Fsp3) is 0.455. The summed E-state index contributed by atoms with van der Waals surface area (Å²) in [5, 5.41) is 15.5. The van der Waals surface area contributed by atoms with Crippen LogP contribution in [0, 0.1) is 0 Å². The van der Waals surface area contributed by atoms with Crippen molar-refractivity contribution in [2.24, 2.45) is 4.99 Å². The third-order valence-corrected chi connectivity index (χ3v) is 5.52. The highest BCUT2D eigenvalue weighted by atomic mass is 15.2. The van der Waals surface area contributed by atoms with Gasteiger partial charge in [-0.15, -0.1) is 10.2 Å². The van der Waals surface area contributed by atoms with E-state index in [9.17, 15) is 0 Å². The molecule has 8 nitrogen and oxygen atoms in total. The van der Waals surface area contributed by atoms with E-state index in [1.165, 1.54) is 0 Å². The Morgan fingerprint density at radius 1 is 1.13 bits per heavy atom. The Morgan fingerprint density at radius 2 is 2.00 bits per heavy atom. The maximum absolute atomic E-state index is 4.43. The number of hydrogen-bond acceptors (Lipinski definition) is 5. The minimum absolute atomic E-state index is 0.455. The molecule has 8 heteroatoms. The number of fused-ring (bicyclic) bond motifs is 1. The lowest BCUT2D eigenvalue weighted by Crippen LogP contribution is -2.48. The molecule has 0 bridgehead atoms.